The van der Waals surface area contributed by atoms with E-state index in [-0.39, 0.29) is 21.9 Å². The maximum atomic E-state index is 12.8. The molecule has 0 aromatic heterocycles. The second-order valence-electron chi connectivity index (χ2n) is 7.13. The lowest BCUT2D eigenvalue weighted by molar-refractivity contribution is -0.122. The molecule has 2 aromatic rings. The van der Waals surface area contributed by atoms with E-state index in [4.69, 9.17) is 11.6 Å². The molecule has 1 aliphatic rings. The van der Waals surface area contributed by atoms with Gasteiger partial charge in [0.25, 0.3) is 0 Å². The van der Waals surface area contributed by atoms with Crippen molar-refractivity contribution in [2.45, 2.75) is 24.3 Å². The zero-order chi connectivity index (χ0) is 20.9. The average Bonchev–Trinajstić information content (AvgIpc) is 2.73. The molecular weight excluding hydrogens is 410 g/mol. The van der Waals surface area contributed by atoms with Crippen LogP contribution < -0.4 is 5.32 Å². The molecular formula is C21H26ClN3O3S. The molecule has 0 saturated carbocycles. The lowest BCUT2D eigenvalue weighted by Crippen LogP contribution is -2.49. The first-order valence-corrected chi connectivity index (χ1v) is 11.5. The fourth-order valence-corrected chi connectivity index (χ4v) is 5.30. The van der Waals surface area contributed by atoms with Gasteiger partial charge in [-0.3, -0.25) is 4.79 Å². The van der Waals surface area contributed by atoms with Gasteiger partial charge in [0.15, 0.2) is 0 Å². The predicted molar refractivity (Wildman–Crippen MR) is 114 cm³/mol. The normalized spacial score (nSPS) is 17.0. The van der Waals surface area contributed by atoms with Crippen molar-refractivity contribution in [2.24, 2.45) is 0 Å². The van der Waals surface area contributed by atoms with Crippen molar-refractivity contribution in [1.82, 2.24) is 14.5 Å². The van der Waals surface area contributed by atoms with Crippen LogP contribution >= 0.6 is 11.6 Å². The summed E-state index contributed by atoms with van der Waals surface area (Å²) in [6.45, 7) is 4.51. The minimum Gasteiger partial charge on any atom is -0.350 e. The van der Waals surface area contributed by atoms with Crippen molar-refractivity contribution in [2.75, 3.05) is 32.7 Å². The predicted octanol–water partition coefficient (Wildman–Crippen LogP) is 2.91. The Hall–Kier alpha value is -1.93. The zero-order valence-corrected chi connectivity index (χ0v) is 18.0. The monoisotopic (exact) mass is 435 g/mol. The smallest absolute Gasteiger partial charge is 0.244 e. The zero-order valence-electron chi connectivity index (χ0n) is 16.4. The number of piperazine rings is 1. The van der Waals surface area contributed by atoms with E-state index < -0.39 is 10.0 Å². The largest absolute Gasteiger partial charge is 0.350 e. The van der Waals surface area contributed by atoms with E-state index in [0.29, 0.717) is 39.1 Å². The third-order valence-corrected chi connectivity index (χ3v) is 7.52. The van der Waals surface area contributed by atoms with Gasteiger partial charge < -0.3 is 10.2 Å². The number of rotatable bonds is 7. The molecule has 0 bridgehead atoms. The highest BCUT2D eigenvalue weighted by Gasteiger charge is 2.29. The Kier molecular flexibility index (Phi) is 7.29. The van der Waals surface area contributed by atoms with Gasteiger partial charge in [0.1, 0.15) is 4.90 Å². The van der Waals surface area contributed by atoms with Crippen LogP contribution in [0.25, 0.3) is 0 Å². The molecule has 1 fully saturated rings. The van der Waals surface area contributed by atoms with Crippen molar-refractivity contribution in [3.63, 3.8) is 0 Å². The molecule has 156 valence electrons. The van der Waals surface area contributed by atoms with Crippen molar-refractivity contribution in [3.05, 3.63) is 65.2 Å². The highest BCUT2D eigenvalue weighted by Crippen LogP contribution is 2.25. The van der Waals surface area contributed by atoms with Gasteiger partial charge in [-0.05, 0) is 24.6 Å². The molecule has 1 heterocycles. The summed E-state index contributed by atoms with van der Waals surface area (Å²) in [5.41, 5.74) is 1.07. The van der Waals surface area contributed by atoms with E-state index in [1.165, 1.54) is 10.4 Å². The Morgan fingerprint density at radius 1 is 1.03 bits per heavy atom. The Balaban J connectivity index is 1.46. The second-order valence-corrected chi connectivity index (χ2v) is 9.44. The van der Waals surface area contributed by atoms with Gasteiger partial charge in [-0.1, -0.05) is 54.1 Å². The van der Waals surface area contributed by atoms with E-state index in [1.807, 2.05) is 37.3 Å². The standard InChI is InChI=1S/C21H26ClN3O3S/c1-17(18-7-3-2-4-8-18)23-21(26)11-12-24-13-15-25(16-14-24)29(27,28)20-10-6-5-9-19(20)22/h2-10,17H,11-16H2,1H3,(H,23,26). The molecule has 1 unspecified atom stereocenters. The number of hydrogen-bond acceptors (Lipinski definition) is 4. The number of benzene rings is 2. The topological polar surface area (TPSA) is 69.7 Å². The number of carbonyl (C=O) groups is 1. The van der Waals surface area contributed by atoms with E-state index in [0.717, 1.165) is 5.56 Å². The summed E-state index contributed by atoms with van der Waals surface area (Å²) < 4.78 is 27.1. The molecule has 1 N–H and O–H groups in total. The number of carbonyl (C=O) groups excluding carboxylic acids is 1. The van der Waals surface area contributed by atoms with Crippen LogP contribution in [-0.4, -0.2) is 56.3 Å². The molecule has 6 nitrogen and oxygen atoms in total. The molecule has 8 heteroatoms. The highest BCUT2D eigenvalue weighted by atomic mass is 35.5. The van der Waals surface area contributed by atoms with Gasteiger partial charge in [-0.15, -0.1) is 0 Å². The summed E-state index contributed by atoms with van der Waals surface area (Å²) in [6, 6.07) is 16.3. The van der Waals surface area contributed by atoms with Gasteiger partial charge in [-0.25, -0.2) is 8.42 Å². The minimum atomic E-state index is -3.60. The van der Waals surface area contributed by atoms with Crippen LogP contribution in [0.2, 0.25) is 5.02 Å². The summed E-state index contributed by atoms with van der Waals surface area (Å²) in [5, 5.41) is 3.25. The maximum Gasteiger partial charge on any atom is 0.244 e. The number of halogens is 1. The van der Waals surface area contributed by atoms with Gasteiger partial charge in [0.2, 0.25) is 15.9 Å². The number of amides is 1. The number of sulfonamides is 1. The molecule has 0 aliphatic carbocycles. The molecule has 3 rings (SSSR count). The summed E-state index contributed by atoms with van der Waals surface area (Å²) >= 11 is 6.07. The van der Waals surface area contributed by atoms with Crippen LogP contribution in [0.4, 0.5) is 0 Å². The van der Waals surface area contributed by atoms with Crippen LogP contribution in [0.3, 0.4) is 0 Å². The van der Waals surface area contributed by atoms with Crippen LogP contribution in [-0.2, 0) is 14.8 Å². The summed E-state index contributed by atoms with van der Waals surface area (Å²) in [6.07, 6.45) is 0.383. The first kappa shape index (κ1) is 21.8. The quantitative estimate of drug-likeness (QED) is 0.726. The second kappa shape index (κ2) is 9.71. The third-order valence-electron chi connectivity index (χ3n) is 5.12. The van der Waals surface area contributed by atoms with Gasteiger partial charge in [0.05, 0.1) is 11.1 Å². The Morgan fingerprint density at radius 2 is 1.66 bits per heavy atom. The van der Waals surface area contributed by atoms with Crippen molar-refractivity contribution in [1.29, 1.82) is 0 Å². The fraction of sp³-hybridized carbons (Fsp3) is 0.381. The molecule has 29 heavy (non-hydrogen) atoms. The molecule has 0 radical (unpaired) electrons. The lowest BCUT2D eigenvalue weighted by Gasteiger charge is -2.34. The summed E-state index contributed by atoms with van der Waals surface area (Å²) in [7, 11) is -3.60. The molecule has 2 aromatic carbocycles. The number of nitrogens with zero attached hydrogens (tertiary/aromatic N) is 2. The lowest BCUT2D eigenvalue weighted by atomic mass is 10.1. The van der Waals surface area contributed by atoms with Crippen LogP contribution in [0.15, 0.2) is 59.5 Å². The van der Waals surface area contributed by atoms with E-state index >= 15 is 0 Å². The Bertz CT molecular complexity index is 929. The van der Waals surface area contributed by atoms with Crippen LogP contribution in [0.1, 0.15) is 24.9 Å². The average molecular weight is 436 g/mol. The van der Waals surface area contributed by atoms with Crippen LogP contribution in [0.5, 0.6) is 0 Å². The number of nitrogens with one attached hydrogen (secondary N) is 1. The minimum absolute atomic E-state index is 0.00697. The molecule has 1 aliphatic heterocycles. The highest BCUT2D eigenvalue weighted by molar-refractivity contribution is 7.89. The van der Waals surface area contributed by atoms with Crippen molar-refractivity contribution in [3.8, 4) is 0 Å². The van der Waals surface area contributed by atoms with Gasteiger partial charge in [0, 0.05) is 39.1 Å². The maximum absolute atomic E-state index is 12.8. The Morgan fingerprint density at radius 3 is 2.31 bits per heavy atom. The fourth-order valence-electron chi connectivity index (χ4n) is 3.38. The van der Waals surface area contributed by atoms with Crippen molar-refractivity contribution < 1.29 is 13.2 Å². The van der Waals surface area contributed by atoms with Gasteiger partial charge in [-0.2, -0.15) is 4.31 Å². The summed E-state index contributed by atoms with van der Waals surface area (Å²) in [5.74, 6) is -0.00697. The van der Waals surface area contributed by atoms with E-state index in [9.17, 15) is 13.2 Å². The SMILES string of the molecule is CC(NC(=O)CCN1CCN(S(=O)(=O)c2ccccc2Cl)CC1)c1ccccc1. The third kappa shape index (κ3) is 5.57. The molecule has 1 amide bonds. The van der Waals surface area contributed by atoms with E-state index in [2.05, 4.69) is 10.2 Å². The Labute approximate surface area is 177 Å². The van der Waals surface area contributed by atoms with Crippen LogP contribution in [0, 0.1) is 0 Å². The summed E-state index contributed by atoms with van der Waals surface area (Å²) in [4.78, 5) is 14.5. The molecule has 1 saturated heterocycles. The first-order valence-electron chi connectivity index (χ1n) is 9.69. The van der Waals surface area contributed by atoms with Crippen molar-refractivity contribution >= 4 is 27.5 Å². The van der Waals surface area contributed by atoms with Gasteiger partial charge >= 0.3 is 0 Å². The van der Waals surface area contributed by atoms with E-state index in [1.54, 1.807) is 18.2 Å². The molecule has 1 atom stereocenters. The molecule has 0 spiro atoms. The first-order chi connectivity index (χ1) is 13.9. The number of hydrogen-bond donors (Lipinski definition) is 1.